The molecule has 2 rings (SSSR count). The molecule has 0 spiro atoms. The Morgan fingerprint density at radius 1 is 1.50 bits per heavy atom. The largest absolute Gasteiger partial charge is 0.369 e. The Morgan fingerprint density at radius 2 is 2.25 bits per heavy atom. The van der Waals surface area contributed by atoms with Gasteiger partial charge in [-0.2, -0.15) is 0 Å². The predicted octanol–water partition coefficient (Wildman–Crippen LogP) is 2.41. The summed E-state index contributed by atoms with van der Waals surface area (Å²) in [5, 5.41) is 3.02. The van der Waals surface area contributed by atoms with Crippen LogP contribution in [0.15, 0.2) is 18.2 Å². The van der Waals surface area contributed by atoms with E-state index in [2.05, 4.69) is 23.2 Å². The van der Waals surface area contributed by atoms with Crippen molar-refractivity contribution in [1.82, 2.24) is 0 Å². The molecular weight excluding hydrogens is 200 g/mol. The lowest BCUT2D eigenvalue weighted by Gasteiger charge is -2.24. The summed E-state index contributed by atoms with van der Waals surface area (Å²) in [6, 6.07) is 6.14. The van der Waals surface area contributed by atoms with Crippen molar-refractivity contribution in [3.8, 4) is 0 Å². The summed E-state index contributed by atoms with van der Waals surface area (Å²) >= 11 is 0. The Labute approximate surface area is 96.5 Å². The fourth-order valence-corrected chi connectivity index (χ4v) is 2.14. The second-order valence-electron chi connectivity index (χ2n) is 4.40. The number of benzene rings is 1. The van der Waals surface area contributed by atoms with E-state index in [0.29, 0.717) is 0 Å². The van der Waals surface area contributed by atoms with Crippen LogP contribution in [0.5, 0.6) is 0 Å². The lowest BCUT2D eigenvalue weighted by atomic mass is 10.1. The molecule has 0 aromatic heterocycles. The van der Waals surface area contributed by atoms with Crippen molar-refractivity contribution < 1.29 is 4.79 Å². The minimum absolute atomic E-state index is 0.0340. The third kappa shape index (κ3) is 1.77. The Balaban J connectivity index is 2.50. The summed E-state index contributed by atoms with van der Waals surface area (Å²) in [4.78, 5) is 14.1. The van der Waals surface area contributed by atoms with Crippen molar-refractivity contribution in [2.24, 2.45) is 5.92 Å². The summed E-state index contributed by atoms with van der Waals surface area (Å²) in [5.41, 5.74) is 3.23. The third-order valence-corrected chi connectivity index (χ3v) is 3.16. The number of hydrogen-bond acceptors (Lipinski definition) is 2. The lowest BCUT2D eigenvalue weighted by Crippen LogP contribution is -2.30. The highest BCUT2D eigenvalue weighted by atomic mass is 16.1. The number of nitrogens with one attached hydrogen (secondary N) is 1. The lowest BCUT2D eigenvalue weighted by molar-refractivity contribution is -0.119. The van der Waals surface area contributed by atoms with Gasteiger partial charge >= 0.3 is 0 Å². The van der Waals surface area contributed by atoms with Crippen molar-refractivity contribution in [3.63, 3.8) is 0 Å². The zero-order chi connectivity index (χ0) is 11.7. The van der Waals surface area contributed by atoms with Crippen LogP contribution < -0.4 is 10.2 Å². The minimum Gasteiger partial charge on any atom is -0.369 e. The summed E-state index contributed by atoms with van der Waals surface area (Å²) in [5.74, 6) is 0.151. The molecule has 0 aliphatic carbocycles. The van der Waals surface area contributed by atoms with Gasteiger partial charge in [0.1, 0.15) is 0 Å². The number of hydrogen-bond donors (Lipinski definition) is 1. The summed E-state index contributed by atoms with van der Waals surface area (Å²) < 4.78 is 0. The normalized spacial score (nSPS) is 20.1. The van der Waals surface area contributed by atoms with Gasteiger partial charge in [0.25, 0.3) is 0 Å². The molecule has 3 nitrogen and oxygen atoms in total. The predicted molar refractivity (Wildman–Crippen MR) is 66.9 cm³/mol. The number of carbonyl (C=O) groups excluding carboxylic acids is 1. The maximum atomic E-state index is 11.9. The molecule has 3 heteroatoms. The quantitative estimate of drug-likeness (QED) is 0.785. The number of carbonyl (C=O) groups is 1. The van der Waals surface area contributed by atoms with Crippen LogP contribution in [0.2, 0.25) is 0 Å². The van der Waals surface area contributed by atoms with E-state index in [1.807, 2.05) is 26.0 Å². The molecule has 86 valence electrons. The Kier molecular flexibility index (Phi) is 2.86. The second-order valence-corrected chi connectivity index (χ2v) is 4.40. The van der Waals surface area contributed by atoms with Crippen molar-refractivity contribution in [2.75, 3.05) is 23.3 Å². The van der Waals surface area contributed by atoms with Crippen molar-refractivity contribution >= 4 is 17.3 Å². The smallest absolute Gasteiger partial charge is 0.229 e. The molecule has 1 aromatic rings. The van der Waals surface area contributed by atoms with Gasteiger partial charge in [0.2, 0.25) is 5.91 Å². The molecule has 1 aliphatic heterocycles. The first kappa shape index (κ1) is 11.0. The van der Waals surface area contributed by atoms with Crippen LogP contribution in [0.4, 0.5) is 11.4 Å². The van der Waals surface area contributed by atoms with Gasteiger partial charge < -0.3 is 10.2 Å². The summed E-state index contributed by atoms with van der Waals surface area (Å²) in [6.45, 7) is 7.84. The molecule has 1 aromatic carbocycles. The molecule has 1 N–H and O–H groups in total. The fourth-order valence-electron chi connectivity index (χ4n) is 2.14. The topological polar surface area (TPSA) is 32.3 Å². The maximum absolute atomic E-state index is 11.9. The Bertz CT molecular complexity index is 414. The van der Waals surface area contributed by atoms with Crippen LogP contribution in [0, 0.1) is 12.8 Å². The standard InChI is InChI=1S/C13H18N2O/c1-4-15-8-10(3)13(16)14-12-9(2)6-5-7-11(12)15/h5-7,10H,4,8H2,1-3H3,(H,14,16). The highest BCUT2D eigenvalue weighted by Crippen LogP contribution is 2.32. The molecule has 0 fully saturated rings. The molecule has 1 heterocycles. The zero-order valence-electron chi connectivity index (χ0n) is 10.1. The van der Waals surface area contributed by atoms with Gasteiger partial charge in [-0.1, -0.05) is 19.1 Å². The maximum Gasteiger partial charge on any atom is 0.229 e. The van der Waals surface area contributed by atoms with E-state index in [0.717, 1.165) is 30.0 Å². The monoisotopic (exact) mass is 218 g/mol. The van der Waals surface area contributed by atoms with Crippen molar-refractivity contribution in [3.05, 3.63) is 23.8 Å². The SMILES string of the molecule is CCN1CC(C)C(=O)Nc2c(C)cccc21. The number of rotatable bonds is 1. The van der Waals surface area contributed by atoms with Gasteiger partial charge in [0.05, 0.1) is 17.3 Å². The Morgan fingerprint density at radius 3 is 2.94 bits per heavy atom. The first-order valence-electron chi connectivity index (χ1n) is 5.79. The number of aryl methyl sites for hydroxylation is 1. The number of fused-ring (bicyclic) bond motifs is 1. The fraction of sp³-hybridized carbons (Fsp3) is 0.462. The van der Waals surface area contributed by atoms with Gasteiger partial charge in [0, 0.05) is 13.1 Å². The van der Waals surface area contributed by atoms with Crippen LogP contribution in [0.25, 0.3) is 0 Å². The number of nitrogens with zero attached hydrogens (tertiary/aromatic N) is 1. The van der Waals surface area contributed by atoms with Gasteiger partial charge in [-0.25, -0.2) is 0 Å². The van der Waals surface area contributed by atoms with E-state index < -0.39 is 0 Å². The second kappa shape index (κ2) is 4.16. The highest BCUT2D eigenvalue weighted by Gasteiger charge is 2.24. The first-order valence-corrected chi connectivity index (χ1v) is 5.79. The summed E-state index contributed by atoms with van der Waals surface area (Å²) in [6.07, 6.45) is 0. The molecular formula is C13H18N2O. The molecule has 1 amide bonds. The molecule has 1 atom stereocenters. The zero-order valence-corrected chi connectivity index (χ0v) is 10.1. The number of amides is 1. The van der Waals surface area contributed by atoms with E-state index >= 15 is 0 Å². The van der Waals surface area contributed by atoms with E-state index in [4.69, 9.17) is 0 Å². The molecule has 0 saturated heterocycles. The van der Waals surface area contributed by atoms with E-state index in [1.54, 1.807) is 0 Å². The van der Waals surface area contributed by atoms with Gasteiger partial charge in [-0.05, 0) is 25.5 Å². The van der Waals surface area contributed by atoms with Gasteiger partial charge in [0.15, 0.2) is 0 Å². The molecule has 1 aliphatic rings. The van der Waals surface area contributed by atoms with Crippen LogP contribution in [0.1, 0.15) is 19.4 Å². The van der Waals surface area contributed by atoms with Crippen LogP contribution in [-0.4, -0.2) is 19.0 Å². The molecule has 0 radical (unpaired) electrons. The van der Waals surface area contributed by atoms with Crippen LogP contribution in [-0.2, 0) is 4.79 Å². The van der Waals surface area contributed by atoms with Crippen LogP contribution in [0.3, 0.4) is 0 Å². The average molecular weight is 218 g/mol. The average Bonchev–Trinajstić information content (AvgIpc) is 2.39. The number of para-hydroxylation sites is 1. The van der Waals surface area contributed by atoms with Crippen molar-refractivity contribution in [2.45, 2.75) is 20.8 Å². The van der Waals surface area contributed by atoms with Crippen LogP contribution >= 0.6 is 0 Å². The molecule has 0 saturated carbocycles. The van der Waals surface area contributed by atoms with E-state index in [9.17, 15) is 4.79 Å². The van der Waals surface area contributed by atoms with E-state index in [-0.39, 0.29) is 11.8 Å². The Hall–Kier alpha value is -1.51. The van der Waals surface area contributed by atoms with Gasteiger partial charge in [-0.3, -0.25) is 4.79 Å². The first-order chi connectivity index (χ1) is 7.63. The summed E-state index contributed by atoms with van der Waals surface area (Å²) in [7, 11) is 0. The molecule has 16 heavy (non-hydrogen) atoms. The molecule has 1 unspecified atom stereocenters. The van der Waals surface area contributed by atoms with E-state index in [1.165, 1.54) is 0 Å². The van der Waals surface area contributed by atoms with Gasteiger partial charge in [-0.15, -0.1) is 0 Å². The molecule has 0 bridgehead atoms. The third-order valence-electron chi connectivity index (χ3n) is 3.16. The van der Waals surface area contributed by atoms with Crippen molar-refractivity contribution in [1.29, 1.82) is 0 Å². The number of anilines is 2. The highest BCUT2D eigenvalue weighted by molar-refractivity contribution is 5.98. The minimum atomic E-state index is 0.0340.